The van der Waals surface area contributed by atoms with E-state index in [1.807, 2.05) is 0 Å². The number of methoxy groups -OCH3 is 3. The van der Waals surface area contributed by atoms with Gasteiger partial charge in [0.05, 0.1) is 34.5 Å². The van der Waals surface area contributed by atoms with Gasteiger partial charge in [-0.15, -0.1) is 0 Å². The zero-order valence-electron chi connectivity index (χ0n) is 17.1. The molecule has 1 aliphatic heterocycles. The number of hydrogen-bond donors (Lipinski definition) is 1. The fourth-order valence-corrected chi connectivity index (χ4v) is 3.33. The number of hydrogen-bond acceptors (Lipinski definition) is 8. The van der Waals surface area contributed by atoms with Crippen molar-refractivity contribution in [3.63, 3.8) is 0 Å². The van der Waals surface area contributed by atoms with Gasteiger partial charge in [-0.1, -0.05) is 0 Å². The number of phenolic OH excluding ortho intramolecular Hbond substituents is 1. The smallest absolute Gasteiger partial charge is 0.239 e. The van der Waals surface area contributed by atoms with Crippen molar-refractivity contribution in [1.82, 2.24) is 0 Å². The average Bonchev–Trinajstić information content (AvgIpc) is 2.72. The van der Waals surface area contributed by atoms with Crippen LogP contribution < -0.4 is 24.4 Å². The first kappa shape index (κ1) is 19.9. The molecule has 0 bridgehead atoms. The first-order valence-electron chi connectivity index (χ1n) is 9.32. The molecule has 4 rings (SSSR count). The maximum Gasteiger partial charge on any atom is 0.239 e. The fourth-order valence-electron chi connectivity index (χ4n) is 3.33. The quantitative estimate of drug-likeness (QED) is 0.657. The Hall–Kier alpha value is -3.39. The van der Waals surface area contributed by atoms with Gasteiger partial charge < -0.3 is 33.2 Å². The van der Waals surface area contributed by atoms with E-state index < -0.39 is 0 Å². The van der Waals surface area contributed by atoms with Gasteiger partial charge >= 0.3 is 0 Å². The zero-order chi connectivity index (χ0) is 21.4. The Kier molecular flexibility index (Phi) is 5.17. The van der Waals surface area contributed by atoms with Gasteiger partial charge in [-0.05, 0) is 24.6 Å². The number of benzene rings is 2. The Labute approximate surface area is 172 Å². The number of fused-ring (bicyclic) bond motifs is 1. The molecular formula is C22H22O8. The van der Waals surface area contributed by atoms with E-state index in [9.17, 15) is 9.90 Å². The molecular weight excluding hydrogens is 392 g/mol. The van der Waals surface area contributed by atoms with Crippen molar-refractivity contribution in [1.29, 1.82) is 0 Å². The van der Waals surface area contributed by atoms with E-state index in [0.717, 1.165) is 0 Å². The lowest BCUT2D eigenvalue weighted by atomic mass is 10.0. The Balaban J connectivity index is 1.95. The third-order valence-electron chi connectivity index (χ3n) is 4.98. The van der Waals surface area contributed by atoms with Gasteiger partial charge in [0, 0.05) is 17.7 Å². The molecule has 2 heterocycles. The van der Waals surface area contributed by atoms with Gasteiger partial charge in [0.2, 0.25) is 11.2 Å². The molecule has 0 spiro atoms. The number of rotatable bonds is 6. The van der Waals surface area contributed by atoms with E-state index >= 15 is 0 Å². The molecule has 1 saturated heterocycles. The summed E-state index contributed by atoms with van der Waals surface area (Å²) >= 11 is 0. The van der Waals surface area contributed by atoms with Crippen molar-refractivity contribution in [3.05, 3.63) is 40.1 Å². The van der Waals surface area contributed by atoms with Crippen LogP contribution in [-0.2, 0) is 4.74 Å². The highest BCUT2D eigenvalue weighted by Gasteiger charge is 2.25. The SMILES string of the molecule is COc1cc(OC)c2c(=O)c(OC)c(-c3cc(C)c(O)c(OC4COC4)c3)oc2c1. The van der Waals surface area contributed by atoms with E-state index in [4.69, 9.17) is 28.1 Å². The van der Waals surface area contributed by atoms with Crippen LogP contribution in [0.2, 0.25) is 0 Å². The van der Waals surface area contributed by atoms with Crippen LogP contribution in [0.25, 0.3) is 22.3 Å². The lowest BCUT2D eigenvalue weighted by Gasteiger charge is -2.27. The summed E-state index contributed by atoms with van der Waals surface area (Å²) in [4.78, 5) is 13.2. The van der Waals surface area contributed by atoms with Crippen LogP contribution >= 0.6 is 0 Å². The zero-order valence-corrected chi connectivity index (χ0v) is 17.1. The van der Waals surface area contributed by atoms with Gasteiger partial charge in [-0.25, -0.2) is 0 Å². The topological polar surface area (TPSA) is 96.6 Å². The summed E-state index contributed by atoms with van der Waals surface area (Å²) < 4.78 is 33.1. The second kappa shape index (κ2) is 7.79. The van der Waals surface area contributed by atoms with E-state index in [2.05, 4.69) is 0 Å². The Bertz CT molecular complexity index is 1160. The van der Waals surface area contributed by atoms with Gasteiger partial charge in [-0.2, -0.15) is 0 Å². The second-order valence-corrected chi connectivity index (χ2v) is 6.91. The highest BCUT2D eigenvalue weighted by molar-refractivity contribution is 5.89. The van der Waals surface area contributed by atoms with Gasteiger partial charge in [0.1, 0.15) is 28.6 Å². The van der Waals surface area contributed by atoms with Crippen molar-refractivity contribution in [2.45, 2.75) is 13.0 Å². The highest BCUT2D eigenvalue weighted by Crippen LogP contribution is 2.41. The predicted octanol–water partition coefficient (Wildman–Crippen LogP) is 3.28. The third kappa shape index (κ3) is 3.29. The normalized spacial score (nSPS) is 13.7. The van der Waals surface area contributed by atoms with Crippen molar-refractivity contribution in [3.8, 4) is 40.1 Å². The first-order valence-corrected chi connectivity index (χ1v) is 9.32. The number of phenols is 1. The van der Waals surface area contributed by atoms with Crippen LogP contribution in [0, 0.1) is 6.92 Å². The molecule has 8 heteroatoms. The summed E-state index contributed by atoms with van der Waals surface area (Å²) in [5, 5.41) is 10.7. The highest BCUT2D eigenvalue weighted by atomic mass is 16.6. The molecule has 0 radical (unpaired) electrons. The molecule has 1 aliphatic rings. The molecule has 2 aromatic carbocycles. The summed E-state index contributed by atoms with van der Waals surface area (Å²) in [5.41, 5.74) is 0.996. The molecule has 0 amide bonds. The summed E-state index contributed by atoms with van der Waals surface area (Å²) in [6, 6.07) is 6.53. The van der Waals surface area contributed by atoms with Crippen molar-refractivity contribution < 1.29 is 33.2 Å². The molecule has 0 atom stereocenters. The van der Waals surface area contributed by atoms with E-state index in [0.29, 0.717) is 35.8 Å². The van der Waals surface area contributed by atoms with Crippen molar-refractivity contribution >= 4 is 11.0 Å². The molecule has 1 N–H and O–H groups in total. The minimum absolute atomic E-state index is 0.0222. The van der Waals surface area contributed by atoms with Gasteiger partial charge in [0.15, 0.2) is 17.3 Å². The Morgan fingerprint density at radius 2 is 1.77 bits per heavy atom. The van der Waals surface area contributed by atoms with Crippen LogP contribution in [0.3, 0.4) is 0 Å². The molecule has 1 aromatic heterocycles. The van der Waals surface area contributed by atoms with Gasteiger partial charge in [-0.3, -0.25) is 4.79 Å². The van der Waals surface area contributed by atoms with Crippen molar-refractivity contribution in [2.75, 3.05) is 34.5 Å². The van der Waals surface area contributed by atoms with E-state index in [1.54, 1.807) is 31.2 Å². The summed E-state index contributed by atoms with van der Waals surface area (Å²) in [5.74, 6) is 1.34. The predicted molar refractivity (Wildman–Crippen MR) is 109 cm³/mol. The Morgan fingerprint density at radius 3 is 2.37 bits per heavy atom. The Morgan fingerprint density at radius 1 is 1.00 bits per heavy atom. The minimum atomic E-state index is -0.381. The van der Waals surface area contributed by atoms with Crippen LogP contribution in [0.1, 0.15) is 5.56 Å². The maximum absolute atomic E-state index is 13.2. The number of aromatic hydroxyl groups is 1. The monoisotopic (exact) mass is 414 g/mol. The molecule has 0 saturated carbocycles. The lowest BCUT2D eigenvalue weighted by Crippen LogP contribution is -2.38. The molecule has 3 aromatic rings. The fraction of sp³-hybridized carbons (Fsp3) is 0.318. The molecule has 0 unspecified atom stereocenters. The van der Waals surface area contributed by atoms with Crippen molar-refractivity contribution in [2.24, 2.45) is 0 Å². The summed E-state index contributed by atoms with van der Waals surface area (Å²) in [7, 11) is 4.37. The average molecular weight is 414 g/mol. The first-order chi connectivity index (χ1) is 14.5. The van der Waals surface area contributed by atoms with Crippen LogP contribution in [0.5, 0.6) is 28.7 Å². The third-order valence-corrected chi connectivity index (χ3v) is 4.98. The summed E-state index contributed by atoms with van der Waals surface area (Å²) in [6.45, 7) is 2.65. The molecule has 30 heavy (non-hydrogen) atoms. The second-order valence-electron chi connectivity index (χ2n) is 6.91. The largest absolute Gasteiger partial charge is 0.504 e. The molecule has 8 nitrogen and oxygen atoms in total. The lowest BCUT2D eigenvalue weighted by molar-refractivity contribution is -0.0803. The number of aryl methyl sites for hydroxylation is 1. The van der Waals surface area contributed by atoms with Crippen LogP contribution in [0.4, 0.5) is 0 Å². The van der Waals surface area contributed by atoms with E-state index in [-0.39, 0.29) is 45.5 Å². The maximum atomic E-state index is 13.2. The standard InChI is InChI=1S/C22H22O8/c1-11-5-12(6-17(19(11)23)29-14-9-28-10-14)21-22(27-4)20(24)18-15(26-3)7-13(25-2)8-16(18)30-21/h5-8,14,23H,9-10H2,1-4H3. The van der Waals surface area contributed by atoms with Crippen LogP contribution in [-0.4, -0.2) is 45.8 Å². The molecule has 1 fully saturated rings. The number of ether oxygens (including phenoxy) is 5. The molecule has 0 aliphatic carbocycles. The summed E-state index contributed by atoms with van der Waals surface area (Å²) in [6.07, 6.45) is -0.135. The van der Waals surface area contributed by atoms with E-state index in [1.165, 1.54) is 21.3 Å². The van der Waals surface area contributed by atoms with Gasteiger partial charge in [0.25, 0.3) is 0 Å². The molecule has 158 valence electrons. The minimum Gasteiger partial charge on any atom is -0.504 e. The van der Waals surface area contributed by atoms with Crippen LogP contribution in [0.15, 0.2) is 33.5 Å².